The molecule has 1 fully saturated rings. The first-order chi connectivity index (χ1) is 5.86. The SMILES string of the molecule is CC1CCC(c2ncc[nH]2)NC1. The lowest BCUT2D eigenvalue weighted by atomic mass is 9.96. The topological polar surface area (TPSA) is 40.7 Å². The van der Waals surface area contributed by atoms with Gasteiger partial charge in [-0.15, -0.1) is 0 Å². The van der Waals surface area contributed by atoms with Crippen LogP contribution in [-0.4, -0.2) is 16.5 Å². The lowest BCUT2D eigenvalue weighted by molar-refractivity contribution is 0.325. The van der Waals surface area contributed by atoms with Gasteiger partial charge in [0.1, 0.15) is 5.82 Å². The van der Waals surface area contributed by atoms with E-state index in [1.165, 1.54) is 12.8 Å². The monoisotopic (exact) mass is 165 g/mol. The van der Waals surface area contributed by atoms with E-state index < -0.39 is 0 Å². The molecule has 0 aromatic carbocycles. The van der Waals surface area contributed by atoms with E-state index in [0.717, 1.165) is 18.3 Å². The van der Waals surface area contributed by atoms with Gasteiger partial charge >= 0.3 is 0 Å². The molecule has 2 unspecified atom stereocenters. The molecule has 2 N–H and O–H groups in total. The maximum atomic E-state index is 4.25. The van der Waals surface area contributed by atoms with Crippen LogP contribution in [0.15, 0.2) is 12.4 Å². The number of hydrogen-bond donors (Lipinski definition) is 2. The summed E-state index contributed by atoms with van der Waals surface area (Å²) >= 11 is 0. The van der Waals surface area contributed by atoms with Crippen molar-refractivity contribution in [3.05, 3.63) is 18.2 Å². The third kappa shape index (κ3) is 1.50. The van der Waals surface area contributed by atoms with E-state index in [4.69, 9.17) is 0 Å². The molecule has 2 heterocycles. The summed E-state index contributed by atoms with van der Waals surface area (Å²) in [5, 5.41) is 3.48. The molecule has 1 aromatic rings. The Morgan fingerprint density at radius 2 is 2.42 bits per heavy atom. The van der Waals surface area contributed by atoms with Crippen molar-refractivity contribution in [3.63, 3.8) is 0 Å². The Morgan fingerprint density at radius 1 is 1.50 bits per heavy atom. The molecule has 0 amide bonds. The number of H-pyrrole nitrogens is 1. The predicted molar refractivity (Wildman–Crippen MR) is 47.7 cm³/mol. The Morgan fingerprint density at radius 3 is 3.00 bits per heavy atom. The molecule has 0 saturated carbocycles. The summed E-state index contributed by atoms with van der Waals surface area (Å²) in [5.74, 6) is 1.90. The number of hydrogen-bond acceptors (Lipinski definition) is 2. The number of piperidine rings is 1. The van der Waals surface area contributed by atoms with E-state index >= 15 is 0 Å². The van der Waals surface area contributed by atoms with Crippen LogP contribution < -0.4 is 5.32 Å². The molecule has 0 aliphatic carbocycles. The summed E-state index contributed by atoms with van der Waals surface area (Å²) in [6.45, 7) is 3.40. The van der Waals surface area contributed by atoms with Gasteiger partial charge in [0, 0.05) is 12.4 Å². The summed E-state index contributed by atoms with van der Waals surface area (Å²) in [6, 6.07) is 0.455. The zero-order valence-electron chi connectivity index (χ0n) is 7.38. The zero-order chi connectivity index (χ0) is 8.39. The zero-order valence-corrected chi connectivity index (χ0v) is 7.38. The molecule has 1 aliphatic rings. The van der Waals surface area contributed by atoms with Crippen molar-refractivity contribution in [2.75, 3.05) is 6.54 Å². The normalized spacial score (nSPS) is 30.4. The second-order valence-corrected chi connectivity index (χ2v) is 3.62. The van der Waals surface area contributed by atoms with Crippen LogP contribution in [0.2, 0.25) is 0 Å². The first kappa shape index (κ1) is 7.80. The van der Waals surface area contributed by atoms with Crippen molar-refractivity contribution >= 4 is 0 Å². The maximum Gasteiger partial charge on any atom is 0.123 e. The molecule has 3 nitrogen and oxygen atoms in total. The number of imidazole rings is 1. The second-order valence-electron chi connectivity index (χ2n) is 3.62. The van der Waals surface area contributed by atoms with Gasteiger partial charge < -0.3 is 10.3 Å². The molecule has 0 spiro atoms. The molecule has 2 rings (SSSR count). The maximum absolute atomic E-state index is 4.25. The first-order valence-electron chi connectivity index (χ1n) is 4.59. The van der Waals surface area contributed by atoms with Crippen molar-refractivity contribution in [1.29, 1.82) is 0 Å². The van der Waals surface area contributed by atoms with E-state index in [-0.39, 0.29) is 0 Å². The van der Waals surface area contributed by atoms with Crippen molar-refractivity contribution in [2.24, 2.45) is 5.92 Å². The minimum atomic E-state index is 0.455. The van der Waals surface area contributed by atoms with Crippen LogP contribution in [0.3, 0.4) is 0 Å². The number of aromatic amines is 1. The third-order valence-corrected chi connectivity index (χ3v) is 2.51. The summed E-state index contributed by atoms with van der Waals surface area (Å²) in [4.78, 5) is 7.39. The first-order valence-corrected chi connectivity index (χ1v) is 4.59. The van der Waals surface area contributed by atoms with Gasteiger partial charge in [-0.25, -0.2) is 4.98 Å². The highest BCUT2D eigenvalue weighted by molar-refractivity contribution is 4.97. The van der Waals surface area contributed by atoms with Crippen LogP contribution in [0.5, 0.6) is 0 Å². The van der Waals surface area contributed by atoms with Gasteiger partial charge in [0.05, 0.1) is 6.04 Å². The van der Waals surface area contributed by atoms with Crippen LogP contribution in [0.4, 0.5) is 0 Å². The molecule has 1 saturated heterocycles. The van der Waals surface area contributed by atoms with E-state index in [2.05, 4.69) is 22.2 Å². The number of nitrogens with zero attached hydrogens (tertiary/aromatic N) is 1. The molecule has 0 radical (unpaired) electrons. The molecular formula is C9H15N3. The highest BCUT2D eigenvalue weighted by Gasteiger charge is 2.19. The Bertz CT molecular complexity index is 222. The van der Waals surface area contributed by atoms with Crippen LogP contribution in [0.25, 0.3) is 0 Å². The molecule has 1 aliphatic heterocycles. The van der Waals surface area contributed by atoms with Gasteiger partial charge in [0.2, 0.25) is 0 Å². The van der Waals surface area contributed by atoms with E-state index in [1.807, 2.05) is 12.4 Å². The van der Waals surface area contributed by atoms with Crippen LogP contribution in [0.1, 0.15) is 31.6 Å². The van der Waals surface area contributed by atoms with E-state index in [0.29, 0.717) is 6.04 Å². The third-order valence-electron chi connectivity index (χ3n) is 2.51. The summed E-state index contributed by atoms with van der Waals surface area (Å²) in [5.41, 5.74) is 0. The lowest BCUT2D eigenvalue weighted by Gasteiger charge is -2.26. The lowest BCUT2D eigenvalue weighted by Crippen LogP contribution is -2.32. The van der Waals surface area contributed by atoms with Gasteiger partial charge in [0.25, 0.3) is 0 Å². The minimum absolute atomic E-state index is 0.455. The molecule has 1 aromatic heterocycles. The molecule has 0 bridgehead atoms. The Balaban J connectivity index is 1.99. The fourth-order valence-electron chi connectivity index (χ4n) is 1.70. The molecular weight excluding hydrogens is 150 g/mol. The molecule has 12 heavy (non-hydrogen) atoms. The fraction of sp³-hybridized carbons (Fsp3) is 0.667. The number of rotatable bonds is 1. The van der Waals surface area contributed by atoms with Gasteiger partial charge in [-0.2, -0.15) is 0 Å². The largest absolute Gasteiger partial charge is 0.347 e. The van der Waals surface area contributed by atoms with Gasteiger partial charge in [-0.3, -0.25) is 0 Å². The van der Waals surface area contributed by atoms with Crippen molar-refractivity contribution in [1.82, 2.24) is 15.3 Å². The quantitative estimate of drug-likeness (QED) is 0.661. The Kier molecular flexibility index (Phi) is 2.13. The van der Waals surface area contributed by atoms with Gasteiger partial charge in [-0.05, 0) is 25.3 Å². The van der Waals surface area contributed by atoms with E-state index in [9.17, 15) is 0 Å². The van der Waals surface area contributed by atoms with Crippen molar-refractivity contribution < 1.29 is 0 Å². The summed E-state index contributed by atoms with van der Waals surface area (Å²) in [7, 11) is 0. The summed E-state index contributed by atoms with van der Waals surface area (Å²) < 4.78 is 0. The highest BCUT2D eigenvalue weighted by Crippen LogP contribution is 2.22. The number of nitrogens with one attached hydrogen (secondary N) is 2. The molecule has 3 heteroatoms. The van der Waals surface area contributed by atoms with Crippen molar-refractivity contribution in [3.8, 4) is 0 Å². The van der Waals surface area contributed by atoms with Crippen LogP contribution >= 0.6 is 0 Å². The average molecular weight is 165 g/mol. The van der Waals surface area contributed by atoms with Gasteiger partial charge in [-0.1, -0.05) is 6.92 Å². The van der Waals surface area contributed by atoms with Crippen molar-refractivity contribution in [2.45, 2.75) is 25.8 Å². The van der Waals surface area contributed by atoms with Crippen LogP contribution in [-0.2, 0) is 0 Å². The standard InChI is InChI=1S/C9H15N3/c1-7-2-3-8(12-6-7)9-10-4-5-11-9/h4-5,7-8,12H,2-3,6H2,1H3,(H,10,11). The number of aromatic nitrogens is 2. The average Bonchev–Trinajstić information content (AvgIpc) is 2.58. The molecule has 66 valence electrons. The predicted octanol–water partition coefficient (Wildman–Crippen LogP) is 1.47. The second kappa shape index (κ2) is 3.27. The Labute approximate surface area is 72.6 Å². The van der Waals surface area contributed by atoms with E-state index in [1.54, 1.807) is 0 Å². The van der Waals surface area contributed by atoms with Gasteiger partial charge in [0.15, 0.2) is 0 Å². The highest BCUT2D eigenvalue weighted by atomic mass is 15.0. The molecule has 2 atom stereocenters. The Hall–Kier alpha value is -0.830. The smallest absolute Gasteiger partial charge is 0.123 e. The fourth-order valence-corrected chi connectivity index (χ4v) is 1.70. The minimum Gasteiger partial charge on any atom is -0.347 e. The van der Waals surface area contributed by atoms with Crippen LogP contribution in [0, 0.1) is 5.92 Å². The summed E-state index contributed by atoms with van der Waals surface area (Å²) in [6.07, 6.45) is 6.21.